The van der Waals surface area contributed by atoms with Crippen LogP contribution in [0.3, 0.4) is 0 Å². The van der Waals surface area contributed by atoms with Gasteiger partial charge in [-0.1, -0.05) is 12.1 Å². The van der Waals surface area contributed by atoms with Crippen molar-refractivity contribution in [3.63, 3.8) is 0 Å². The number of aryl methyl sites for hydroxylation is 1. The van der Waals surface area contributed by atoms with Crippen molar-refractivity contribution in [2.45, 2.75) is 13.8 Å². The number of aromatic nitrogens is 3. The fourth-order valence-corrected chi connectivity index (χ4v) is 3.51. The van der Waals surface area contributed by atoms with E-state index in [9.17, 15) is 0 Å². The quantitative estimate of drug-likeness (QED) is 0.737. The monoisotopic (exact) mass is 385 g/mol. The molecule has 29 heavy (non-hydrogen) atoms. The van der Waals surface area contributed by atoms with Gasteiger partial charge < -0.3 is 15.1 Å². The summed E-state index contributed by atoms with van der Waals surface area (Å²) in [5.74, 6) is 1.26. The van der Waals surface area contributed by atoms with E-state index in [4.69, 9.17) is 5.26 Å². The average Bonchev–Trinajstić information content (AvgIpc) is 2.77. The van der Waals surface area contributed by atoms with Crippen LogP contribution in [0.1, 0.15) is 16.7 Å². The highest BCUT2D eigenvalue weighted by Crippen LogP contribution is 2.25. The Morgan fingerprint density at radius 3 is 2.41 bits per heavy atom. The fraction of sp³-hybridized carbons (Fsp3) is 0.273. The summed E-state index contributed by atoms with van der Waals surface area (Å²) in [6.45, 7) is 7.97. The Morgan fingerprint density at radius 1 is 0.966 bits per heavy atom. The molecule has 0 atom stereocenters. The van der Waals surface area contributed by atoms with Crippen LogP contribution < -0.4 is 15.1 Å². The van der Waals surface area contributed by atoms with Crippen molar-refractivity contribution < 1.29 is 0 Å². The van der Waals surface area contributed by atoms with Crippen LogP contribution in [-0.2, 0) is 0 Å². The molecule has 146 valence electrons. The van der Waals surface area contributed by atoms with Crippen molar-refractivity contribution in [2.75, 3.05) is 41.3 Å². The molecule has 2 aromatic carbocycles. The number of hydrogen-bond acceptors (Lipinski definition) is 7. The van der Waals surface area contributed by atoms with Gasteiger partial charge in [0, 0.05) is 37.6 Å². The highest BCUT2D eigenvalue weighted by Gasteiger charge is 2.20. The molecular formula is C22H23N7. The SMILES string of the molecule is Cc1cccc(N2CCN(c3cnnc(Nc4ccc(C#N)cc4)n3)CC2)c1C. The van der Waals surface area contributed by atoms with Crippen LogP contribution in [0.2, 0.25) is 0 Å². The van der Waals surface area contributed by atoms with Gasteiger partial charge in [0.25, 0.3) is 0 Å². The number of benzene rings is 2. The van der Waals surface area contributed by atoms with Crippen LogP contribution in [0.25, 0.3) is 0 Å². The largest absolute Gasteiger partial charge is 0.368 e. The molecule has 3 aromatic rings. The molecule has 4 rings (SSSR count). The second-order valence-electron chi connectivity index (χ2n) is 7.15. The van der Waals surface area contributed by atoms with E-state index in [-0.39, 0.29) is 0 Å². The van der Waals surface area contributed by atoms with Crippen molar-refractivity contribution in [3.05, 3.63) is 65.4 Å². The average molecular weight is 385 g/mol. The number of hydrogen-bond donors (Lipinski definition) is 1. The van der Waals surface area contributed by atoms with Gasteiger partial charge in [-0.2, -0.15) is 15.3 Å². The molecule has 1 saturated heterocycles. The molecule has 0 radical (unpaired) electrons. The Labute approximate surface area is 170 Å². The Bertz CT molecular complexity index is 1030. The van der Waals surface area contributed by atoms with Crippen LogP contribution in [-0.4, -0.2) is 41.4 Å². The van der Waals surface area contributed by atoms with Gasteiger partial charge in [-0.15, -0.1) is 5.10 Å². The lowest BCUT2D eigenvalue weighted by Gasteiger charge is -2.37. The molecule has 7 nitrogen and oxygen atoms in total. The summed E-state index contributed by atoms with van der Waals surface area (Å²) < 4.78 is 0. The fourth-order valence-electron chi connectivity index (χ4n) is 3.51. The highest BCUT2D eigenvalue weighted by molar-refractivity contribution is 5.58. The first-order chi connectivity index (χ1) is 14.1. The second-order valence-corrected chi connectivity index (χ2v) is 7.15. The summed E-state index contributed by atoms with van der Waals surface area (Å²) in [7, 11) is 0. The summed E-state index contributed by atoms with van der Waals surface area (Å²) in [4.78, 5) is 9.29. The van der Waals surface area contributed by atoms with Gasteiger partial charge in [0.2, 0.25) is 5.95 Å². The van der Waals surface area contributed by atoms with E-state index in [1.54, 1.807) is 18.3 Å². The number of nitrogens with one attached hydrogen (secondary N) is 1. The molecule has 0 unspecified atom stereocenters. The van der Waals surface area contributed by atoms with Crippen LogP contribution >= 0.6 is 0 Å². The van der Waals surface area contributed by atoms with Crippen molar-refractivity contribution in [2.24, 2.45) is 0 Å². The minimum absolute atomic E-state index is 0.448. The van der Waals surface area contributed by atoms with E-state index in [1.807, 2.05) is 12.1 Å². The molecule has 0 spiro atoms. The van der Waals surface area contributed by atoms with Crippen LogP contribution in [0.5, 0.6) is 0 Å². The molecule has 2 heterocycles. The molecule has 0 amide bonds. The molecule has 1 N–H and O–H groups in total. The van der Waals surface area contributed by atoms with Gasteiger partial charge in [0.1, 0.15) is 0 Å². The van der Waals surface area contributed by atoms with Gasteiger partial charge >= 0.3 is 0 Å². The van der Waals surface area contributed by atoms with E-state index >= 15 is 0 Å². The number of anilines is 4. The Kier molecular flexibility index (Phi) is 5.25. The molecule has 1 aliphatic heterocycles. The van der Waals surface area contributed by atoms with Gasteiger partial charge in [0.15, 0.2) is 5.82 Å². The highest BCUT2D eigenvalue weighted by atomic mass is 15.3. The predicted molar refractivity (Wildman–Crippen MR) is 115 cm³/mol. The molecule has 1 aromatic heterocycles. The van der Waals surface area contributed by atoms with Gasteiger partial charge in [-0.3, -0.25) is 0 Å². The summed E-state index contributed by atoms with van der Waals surface area (Å²) in [5.41, 5.74) is 5.42. The van der Waals surface area contributed by atoms with E-state index in [2.05, 4.69) is 68.4 Å². The third-order valence-corrected chi connectivity index (χ3v) is 5.34. The van der Waals surface area contributed by atoms with E-state index in [0.29, 0.717) is 11.5 Å². The number of rotatable bonds is 4. The van der Waals surface area contributed by atoms with Crippen LogP contribution in [0, 0.1) is 25.2 Å². The van der Waals surface area contributed by atoms with E-state index in [0.717, 1.165) is 37.7 Å². The maximum Gasteiger partial charge on any atom is 0.249 e. The van der Waals surface area contributed by atoms with Gasteiger partial charge in [0.05, 0.1) is 17.8 Å². The lowest BCUT2D eigenvalue weighted by Crippen LogP contribution is -2.47. The molecule has 0 bridgehead atoms. The zero-order valence-corrected chi connectivity index (χ0v) is 16.6. The molecule has 7 heteroatoms. The maximum absolute atomic E-state index is 8.90. The Morgan fingerprint density at radius 2 is 1.69 bits per heavy atom. The minimum atomic E-state index is 0.448. The molecule has 0 saturated carbocycles. The summed E-state index contributed by atoms with van der Waals surface area (Å²) in [6, 6.07) is 15.8. The van der Waals surface area contributed by atoms with Crippen molar-refractivity contribution >= 4 is 23.1 Å². The first-order valence-electron chi connectivity index (χ1n) is 9.67. The summed E-state index contributed by atoms with van der Waals surface area (Å²) >= 11 is 0. The van der Waals surface area contributed by atoms with E-state index in [1.165, 1.54) is 16.8 Å². The molecule has 0 aliphatic carbocycles. The first kappa shape index (κ1) is 18.7. The Hall–Kier alpha value is -3.66. The zero-order chi connectivity index (χ0) is 20.2. The summed E-state index contributed by atoms with van der Waals surface area (Å²) in [6.07, 6.45) is 1.71. The van der Waals surface area contributed by atoms with Crippen LogP contribution in [0.4, 0.5) is 23.1 Å². The standard InChI is InChI=1S/C22H23N7/c1-16-4-3-5-20(17(16)2)28-10-12-29(13-11-28)21-15-24-27-22(26-21)25-19-8-6-18(14-23)7-9-19/h3-9,15H,10-13H2,1-2H3,(H,25,26,27). The van der Waals surface area contributed by atoms with Gasteiger partial charge in [-0.25, -0.2) is 0 Å². The second kappa shape index (κ2) is 8.15. The molecular weight excluding hydrogens is 362 g/mol. The molecule has 1 fully saturated rings. The predicted octanol–water partition coefficient (Wildman–Crippen LogP) is 3.43. The Balaban J connectivity index is 1.43. The van der Waals surface area contributed by atoms with Crippen molar-refractivity contribution in [3.8, 4) is 6.07 Å². The van der Waals surface area contributed by atoms with E-state index < -0.39 is 0 Å². The van der Waals surface area contributed by atoms with Crippen molar-refractivity contribution in [1.29, 1.82) is 5.26 Å². The van der Waals surface area contributed by atoms with Crippen LogP contribution in [0.15, 0.2) is 48.7 Å². The minimum Gasteiger partial charge on any atom is -0.368 e. The summed E-state index contributed by atoms with van der Waals surface area (Å²) in [5, 5.41) is 20.2. The smallest absolute Gasteiger partial charge is 0.249 e. The zero-order valence-electron chi connectivity index (χ0n) is 16.6. The third kappa shape index (κ3) is 4.11. The normalized spacial score (nSPS) is 13.8. The number of piperazine rings is 1. The molecule has 1 aliphatic rings. The maximum atomic E-state index is 8.90. The van der Waals surface area contributed by atoms with Crippen molar-refractivity contribution in [1.82, 2.24) is 15.2 Å². The lowest BCUT2D eigenvalue weighted by atomic mass is 10.1. The number of nitriles is 1. The lowest BCUT2D eigenvalue weighted by molar-refractivity contribution is 0.643. The van der Waals surface area contributed by atoms with Gasteiger partial charge in [-0.05, 0) is 55.3 Å². The number of nitrogens with zero attached hydrogens (tertiary/aromatic N) is 6. The third-order valence-electron chi connectivity index (χ3n) is 5.34. The topological polar surface area (TPSA) is 81.0 Å². The first-order valence-corrected chi connectivity index (χ1v) is 9.67.